The van der Waals surface area contributed by atoms with Crippen molar-refractivity contribution in [1.82, 2.24) is 4.72 Å². The molecule has 2 amide bonds. The van der Waals surface area contributed by atoms with Crippen molar-refractivity contribution in [2.24, 2.45) is 5.73 Å². The number of carbonyl (C=O) groups is 1. The van der Waals surface area contributed by atoms with Gasteiger partial charge in [0.05, 0.1) is 9.80 Å². The fourth-order valence-corrected chi connectivity index (χ4v) is 1.98. The summed E-state index contributed by atoms with van der Waals surface area (Å²) in [7, 11) is -2.93. The first-order valence-electron chi connectivity index (χ1n) is 4.30. The Kier molecular flexibility index (Phi) is 3.63. The van der Waals surface area contributed by atoms with Gasteiger partial charge in [-0.15, -0.1) is 0 Å². The minimum absolute atomic E-state index is 0.0279. The maximum Gasteiger partial charge on any atom is 0.326 e. The zero-order valence-electron chi connectivity index (χ0n) is 8.78. The smallest absolute Gasteiger partial charge is 0.326 e. The van der Waals surface area contributed by atoms with Crippen LogP contribution in [0.4, 0.5) is 10.5 Å². The van der Waals surface area contributed by atoms with E-state index in [1.165, 1.54) is 18.2 Å². The number of sulfonamides is 1. The summed E-state index contributed by atoms with van der Waals surface area (Å²) in [6.45, 7) is 0. The Bertz CT molecular complexity index is 554. The molecular formula is C8H10N3O5S+. The lowest BCUT2D eigenvalue weighted by molar-refractivity contribution is -0.736. The van der Waals surface area contributed by atoms with E-state index in [0.29, 0.717) is 0 Å². The monoisotopic (exact) mass is 260 g/mol. The third-order valence-electron chi connectivity index (χ3n) is 1.74. The van der Waals surface area contributed by atoms with Crippen molar-refractivity contribution < 1.29 is 23.0 Å². The first kappa shape index (κ1) is 12.9. The van der Waals surface area contributed by atoms with Crippen molar-refractivity contribution in [3.63, 3.8) is 0 Å². The molecular weight excluding hydrogens is 250 g/mol. The van der Waals surface area contributed by atoms with Crippen molar-refractivity contribution in [2.75, 3.05) is 7.11 Å². The van der Waals surface area contributed by atoms with Crippen LogP contribution in [-0.4, -0.2) is 26.5 Å². The van der Waals surface area contributed by atoms with E-state index in [2.05, 4.69) is 4.84 Å². The van der Waals surface area contributed by atoms with Crippen molar-refractivity contribution in [3.05, 3.63) is 29.2 Å². The molecule has 8 nitrogen and oxygen atoms in total. The molecule has 0 spiro atoms. The molecule has 0 aliphatic heterocycles. The second kappa shape index (κ2) is 4.78. The van der Waals surface area contributed by atoms with E-state index in [0.717, 1.165) is 13.2 Å². The Morgan fingerprint density at radius 2 is 2.12 bits per heavy atom. The largest absolute Gasteiger partial charge is 0.351 e. The summed E-state index contributed by atoms with van der Waals surface area (Å²) >= 11 is 0. The van der Waals surface area contributed by atoms with Crippen LogP contribution >= 0.6 is 0 Å². The van der Waals surface area contributed by atoms with E-state index < -0.39 is 16.1 Å². The average Bonchev–Trinajstić information content (AvgIpc) is 2.26. The molecule has 0 radical (unpaired) electrons. The predicted molar refractivity (Wildman–Crippen MR) is 56.6 cm³/mol. The van der Waals surface area contributed by atoms with E-state index in [1.807, 2.05) is 0 Å². The number of urea groups is 1. The molecule has 0 unspecified atom stereocenters. The minimum atomic E-state index is -4.07. The van der Waals surface area contributed by atoms with Gasteiger partial charge in [-0.1, -0.05) is 6.07 Å². The van der Waals surface area contributed by atoms with E-state index in [1.54, 1.807) is 4.72 Å². The molecule has 0 aliphatic rings. The van der Waals surface area contributed by atoms with Crippen molar-refractivity contribution >= 4 is 21.7 Å². The predicted octanol–water partition coefficient (Wildman–Crippen LogP) is 0.0154. The van der Waals surface area contributed by atoms with Gasteiger partial charge in [-0.3, -0.25) is 0 Å². The lowest BCUT2D eigenvalue weighted by atomic mass is 10.3. The number of amides is 2. The molecule has 0 saturated heterocycles. The van der Waals surface area contributed by atoms with Crippen molar-refractivity contribution in [1.29, 1.82) is 0 Å². The highest BCUT2D eigenvalue weighted by atomic mass is 32.2. The maximum absolute atomic E-state index is 11.5. The van der Waals surface area contributed by atoms with Crippen molar-refractivity contribution in [2.45, 2.75) is 4.90 Å². The minimum Gasteiger partial charge on any atom is -0.351 e. The van der Waals surface area contributed by atoms with Gasteiger partial charge in [0.2, 0.25) is 0 Å². The maximum atomic E-state index is 11.5. The van der Waals surface area contributed by atoms with E-state index in [9.17, 15) is 18.1 Å². The normalized spacial score (nSPS) is 10.6. The molecule has 1 rings (SSSR count). The van der Waals surface area contributed by atoms with E-state index in [4.69, 9.17) is 5.73 Å². The Labute approximate surface area is 96.9 Å². The summed E-state index contributed by atoms with van der Waals surface area (Å²) < 4.78 is 24.6. The Morgan fingerprint density at radius 3 is 2.65 bits per heavy atom. The van der Waals surface area contributed by atoms with Crippen molar-refractivity contribution in [3.8, 4) is 0 Å². The number of hydrogen-bond donors (Lipinski definition) is 2. The molecule has 0 saturated carbocycles. The van der Waals surface area contributed by atoms with Gasteiger partial charge in [-0.2, -0.15) is 0 Å². The highest BCUT2D eigenvalue weighted by Crippen LogP contribution is 2.17. The molecule has 3 N–H and O–H groups in total. The summed E-state index contributed by atoms with van der Waals surface area (Å²) in [5, 5.41) is 0. The summed E-state index contributed by atoms with van der Waals surface area (Å²) in [6, 6.07) is 3.72. The first-order valence-corrected chi connectivity index (χ1v) is 5.79. The number of nitrogens with zero attached hydrogens (tertiary/aromatic N) is 1. The molecule has 9 heteroatoms. The number of primary amides is 1. The van der Waals surface area contributed by atoms with Crippen LogP contribution in [0.5, 0.6) is 0 Å². The molecule has 0 aliphatic carbocycles. The van der Waals surface area contributed by atoms with Crippen LogP contribution in [0.3, 0.4) is 0 Å². The second-order valence-corrected chi connectivity index (χ2v) is 4.59. The molecule has 17 heavy (non-hydrogen) atoms. The SMILES string of the molecule is CO[N+](=O)c1cccc(S(=O)(=O)NC(N)=O)c1. The Balaban J connectivity index is 3.16. The average molecular weight is 260 g/mol. The number of nitrogens with two attached hydrogens (primary N) is 1. The van der Waals surface area contributed by atoms with Gasteiger partial charge in [-0.05, 0) is 6.07 Å². The number of benzene rings is 1. The van der Waals surface area contributed by atoms with Crippen LogP contribution < -0.4 is 10.5 Å². The molecule has 0 aromatic heterocycles. The lowest BCUT2D eigenvalue weighted by Gasteiger charge is -2.02. The highest BCUT2D eigenvalue weighted by Gasteiger charge is 2.21. The van der Waals surface area contributed by atoms with E-state index in [-0.39, 0.29) is 15.5 Å². The number of carbonyl (C=O) groups excluding carboxylic acids is 1. The molecule has 92 valence electrons. The zero-order chi connectivity index (χ0) is 13.1. The van der Waals surface area contributed by atoms with Gasteiger partial charge in [0.25, 0.3) is 14.9 Å². The summed E-state index contributed by atoms with van der Waals surface area (Å²) in [4.78, 5) is 25.8. The van der Waals surface area contributed by atoms with Crippen LogP contribution in [-0.2, 0) is 14.9 Å². The molecule has 0 heterocycles. The topological polar surface area (TPSA) is 119 Å². The van der Waals surface area contributed by atoms with Gasteiger partial charge in [0.15, 0.2) is 7.11 Å². The molecule has 1 aromatic rings. The fourth-order valence-electron chi connectivity index (χ4n) is 1.06. The summed E-state index contributed by atoms with van der Waals surface area (Å²) in [5.41, 5.74) is 4.69. The molecule has 1 aromatic carbocycles. The quantitative estimate of drug-likeness (QED) is 0.739. The summed E-state index contributed by atoms with van der Waals surface area (Å²) in [5.74, 6) is 0. The third kappa shape index (κ3) is 3.14. The Hall–Kier alpha value is -2.16. The van der Waals surface area contributed by atoms with Gasteiger partial charge < -0.3 is 5.73 Å². The van der Waals surface area contributed by atoms with Crippen LogP contribution in [0.25, 0.3) is 0 Å². The van der Waals surface area contributed by atoms with Gasteiger partial charge >= 0.3 is 11.7 Å². The van der Waals surface area contributed by atoms with Crippen LogP contribution in [0.1, 0.15) is 0 Å². The second-order valence-electron chi connectivity index (χ2n) is 2.91. The number of hydrogen-bond acceptors (Lipinski definition) is 5. The van der Waals surface area contributed by atoms with Gasteiger partial charge in [0, 0.05) is 12.1 Å². The zero-order valence-corrected chi connectivity index (χ0v) is 9.60. The van der Waals surface area contributed by atoms with Gasteiger partial charge in [-0.25, -0.2) is 22.8 Å². The molecule has 0 atom stereocenters. The standard InChI is InChI=1S/C8H9N3O5S/c1-16-11(13)6-3-2-4-7(5-6)17(14,15)10-8(9)12/h2-5H,1H3,(H2-,9,10,12)/p+1. The number of rotatable bonds is 4. The van der Waals surface area contributed by atoms with Crippen LogP contribution in [0.2, 0.25) is 0 Å². The number of nitrogens with one attached hydrogen (secondary N) is 1. The Morgan fingerprint density at radius 1 is 1.47 bits per heavy atom. The third-order valence-corrected chi connectivity index (χ3v) is 3.08. The molecule has 0 bridgehead atoms. The van der Waals surface area contributed by atoms with Gasteiger partial charge in [0.1, 0.15) is 0 Å². The lowest BCUT2D eigenvalue weighted by Crippen LogP contribution is -2.34. The fraction of sp³-hybridized carbons (Fsp3) is 0.125. The highest BCUT2D eigenvalue weighted by molar-refractivity contribution is 7.90. The van der Waals surface area contributed by atoms with Crippen LogP contribution in [0.15, 0.2) is 29.2 Å². The first-order chi connectivity index (χ1) is 7.86. The van der Waals surface area contributed by atoms with Crippen LogP contribution in [0, 0.1) is 4.91 Å². The molecule has 0 fully saturated rings. The summed E-state index contributed by atoms with van der Waals surface area (Å²) in [6.07, 6.45) is 0. The van der Waals surface area contributed by atoms with E-state index >= 15 is 0 Å².